The molecule has 3 rings (SSSR count). The zero-order chi connectivity index (χ0) is 22.5. The number of rotatable bonds is 7. The number of esters is 1. The van der Waals surface area contributed by atoms with Gasteiger partial charge in [0, 0.05) is 12.0 Å². The zero-order valence-electron chi connectivity index (χ0n) is 16.4. The Morgan fingerprint density at radius 3 is 2.45 bits per heavy atom. The number of carbonyl (C=O) groups is 3. The molecule has 0 bridgehead atoms. The summed E-state index contributed by atoms with van der Waals surface area (Å²) in [5, 5.41) is 2.01. The molecular weight excluding hydrogens is 419 g/mol. The number of anilines is 1. The molecule has 1 aliphatic rings. The van der Waals surface area contributed by atoms with Crippen LogP contribution in [0.5, 0.6) is 11.5 Å². The van der Waals surface area contributed by atoms with Gasteiger partial charge < -0.3 is 19.5 Å². The van der Waals surface area contributed by atoms with Crippen molar-refractivity contribution < 1.29 is 41.8 Å². The highest BCUT2D eigenvalue weighted by atomic mass is 19.2. The molecule has 0 aromatic heterocycles. The summed E-state index contributed by atoms with van der Waals surface area (Å²) in [4.78, 5) is 36.3. The molecule has 0 saturated heterocycles. The van der Waals surface area contributed by atoms with Crippen molar-refractivity contribution in [2.24, 2.45) is 0 Å². The number of hydrogen-bond acceptors (Lipinski definition) is 6. The van der Waals surface area contributed by atoms with E-state index in [2.05, 4.69) is 0 Å². The third-order valence-corrected chi connectivity index (χ3v) is 4.39. The van der Waals surface area contributed by atoms with Crippen LogP contribution in [-0.4, -0.2) is 37.0 Å². The van der Waals surface area contributed by atoms with Gasteiger partial charge in [-0.05, 0) is 37.3 Å². The van der Waals surface area contributed by atoms with E-state index in [4.69, 9.17) is 14.2 Å². The van der Waals surface area contributed by atoms with Crippen molar-refractivity contribution in [2.75, 3.05) is 18.5 Å². The quantitative estimate of drug-likeness (QED) is 0.406. The number of halogens is 3. The molecule has 10 heteroatoms. The second-order valence-electron chi connectivity index (χ2n) is 6.63. The molecular formula is C21H18F3NO6. The van der Waals surface area contributed by atoms with E-state index in [1.54, 1.807) is 12.1 Å². The van der Waals surface area contributed by atoms with E-state index in [0.717, 1.165) is 6.07 Å². The second-order valence-corrected chi connectivity index (χ2v) is 6.63. The lowest BCUT2D eigenvalue weighted by Crippen LogP contribution is -2.30. The monoisotopic (exact) mass is 437 g/mol. The first-order chi connectivity index (χ1) is 14.8. The number of Topliss-reactive ketones (excluding diaryl/α,β-unsaturated/α-hetero) is 1. The number of nitrogens with one attached hydrogen (secondary N) is 1. The van der Waals surface area contributed by atoms with Crippen LogP contribution in [0.2, 0.25) is 0 Å². The lowest BCUT2D eigenvalue weighted by molar-refractivity contribution is -0.153. The van der Waals surface area contributed by atoms with E-state index in [1.807, 2.05) is 5.32 Å². The maximum absolute atomic E-state index is 13.6. The van der Waals surface area contributed by atoms with Crippen molar-refractivity contribution >= 4 is 23.3 Å². The summed E-state index contributed by atoms with van der Waals surface area (Å²) in [5.41, 5.74) is -0.266. The summed E-state index contributed by atoms with van der Waals surface area (Å²) in [6.07, 6.45) is -1.83. The molecule has 1 N–H and O–H groups in total. The Morgan fingerprint density at radius 1 is 1.00 bits per heavy atom. The summed E-state index contributed by atoms with van der Waals surface area (Å²) in [5.74, 6) is -5.87. The Hall–Kier alpha value is -3.56. The lowest BCUT2D eigenvalue weighted by Gasteiger charge is -2.18. The van der Waals surface area contributed by atoms with Crippen LogP contribution in [0.25, 0.3) is 0 Å². The number of benzene rings is 2. The van der Waals surface area contributed by atoms with Gasteiger partial charge in [0.25, 0.3) is 5.91 Å². The minimum absolute atomic E-state index is 0.176. The van der Waals surface area contributed by atoms with Gasteiger partial charge in [-0.1, -0.05) is 0 Å². The van der Waals surface area contributed by atoms with E-state index in [-0.39, 0.29) is 18.6 Å². The summed E-state index contributed by atoms with van der Waals surface area (Å²) in [6, 6.07) is 6.16. The summed E-state index contributed by atoms with van der Waals surface area (Å²) >= 11 is 0. The first kappa shape index (κ1) is 22.1. The molecule has 0 spiro atoms. The predicted octanol–water partition coefficient (Wildman–Crippen LogP) is 3.41. The number of hydrogen-bond donors (Lipinski definition) is 1. The molecule has 1 heterocycles. The fraction of sp³-hybridized carbons (Fsp3) is 0.286. The van der Waals surface area contributed by atoms with E-state index >= 15 is 0 Å². The van der Waals surface area contributed by atoms with Gasteiger partial charge in [0.1, 0.15) is 13.2 Å². The molecule has 0 radical (unpaired) electrons. The predicted molar refractivity (Wildman–Crippen MR) is 101 cm³/mol. The van der Waals surface area contributed by atoms with Crippen molar-refractivity contribution in [2.45, 2.75) is 25.9 Å². The summed E-state index contributed by atoms with van der Waals surface area (Å²) < 4.78 is 55.5. The molecule has 1 aliphatic heterocycles. The molecule has 2 aromatic rings. The Bertz CT molecular complexity index is 1030. The second kappa shape index (κ2) is 9.50. The molecule has 1 amide bonds. The van der Waals surface area contributed by atoms with Crippen LogP contribution < -0.4 is 14.8 Å². The first-order valence-electron chi connectivity index (χ1n) is 9.33. The molecule has 1 atom stereocenters. The fourth-order valence-corrected chi connectivity index (χ4v) is 2.74. The van der Waals surface area contributed by atoms with Crippen LogP contribution in [0.4, 0.5) is 18.9 Å². The normalized spacial score (nSPS) is 13.3. The molecule has 7 nitrogen and oxygen atoms in total. The van der Waals surface area contributed by atoms with Gasteiger partial charge in [-0.2, -0.15) is 0 Å². The maximum Gasteiger partial charge on any atom is 0.307 e. The van der Waals surface area contributed by atoms with E-state index in [1.165, 1.54) is 13.0 Å². The van der Waals surface area contributed by atoms with Gasteiger partial charge >= 0.3 is 5.97 Å². The third-order valence-electron chi connectivity index (χ3n) is 4.39. The average Bonchev–Trinajstić information content (AvgIpc) is 2.77. The Kier molecular flexibility index (Phi) is 6.78. The Morgan fingerprint density at radius 2 is 1.71 bits per heavy atom. The van der Waals surface area contributed by atoms with Crippen LogP contribution in [0.15, 0.2) is 30.3 Å². The molecule has 164 valence electrons. The highest BCUT2D eigenvalue weighted by molar-refractivity contribution is 5.98. The van der Waals surface area contributed by atoms with Gasteiger partial charge in [-0.25, -0.2) is 13.2 Å². The maximum atomic E-state index is 13.6. The summed E-state index contributed by atoms with van der Waals surface area (Å²) in [6.45, 7) is 2.00. The van der Waals surface area contributed by atoms with Crippen LogP contribution in [0.3, 0.4) is 0 Å². The largest absolute Gasteiger partial charge is 0.486 e. The van der Waals surface area contributed by atoms with Crippen LogP contribution in [0, 0.1) is 17.5 Å². The first-order valence-corrected chi connectivity index (χ1v) is 9.33. The van der Waals surface area contributed by atoms with Gasteiger partial charge in [0.05, 0.1) is 12.1 Å². The van der Waals surface area contributed by atoms with E-state index < -0.39 is 41.1 Å². The Balaban J connectivity index is 1.50. The van der Waals surface area contributed by atoms with Crippen molar-refractivity contribution in [1.29, 1.82) is 0 Å². The number of amides is 1. The smallest absolute Gasteiger partial charge is 0.307 e. The van der Waals surface area contributed by atoms with Crippen molar-refractivity contribution in [3.8, 4) is 11.5 Å². The van der Waals surface area contributed by atoms with E-state index in [0.29, 0.717) is 36.3 Å². The standard InChI is InChI=1S/C21H18F3NO6/c1-11(21(28)25-14-4-3-13(22)19(23)20(14)24)31-18(27)7-5-15(26)12-2-6-16-17(10-12)30-9-8-29-16/h2-4,6,10-11H,5,7-9H2,1H3,(H,25,28)/t11-/m0/s1. The van der Waals surface area contributed by atoms with E-state index in [9.17, 15) is 27.6 Å². The molecule has 31 heavy (non-hydrogen) atoms. The van der Waals surface area contributed by atoms with Crippen molar-refractivity contribution in [3.63, 3.8) is 0 Å². The fourth-order valence-electron chi connectivity index (χ4n) is 2.74. The molecule has 0 saturated carbocycles. The Labute approximate surface area is 175 Å². The SMILES string of the molecule is C[C@H](OC(=O)CCC(=O)c1ccc2c(c1)OCCO2)C(=O)Nc1ccc(F)c(F)c1F. The van der Waals surface area contributed by atoms with Crippen LogP contribution >= 0.6 is 0 Å². The highest BCUT2D eigenvalue weighted by Crippen LogP contribution is 2.31. The molecule has 0 unspecified atom stereocenters. The number of carbonyl (C=O) groups excluding carboxylic acids is 3. The highest BCUT2D eigenvalue weighted by Gasteiger charge is 2.22. The van der Waals surface area contributed by atoms with Gasteiger partial charge in [-0.3, -0.25) is 14.4 Å². The van der Waals surface area contributed by atoms with Gasteiger partial charge in [0.2, 0.25) is 0 Å². The molecule has 0 fully saturated rings. The van der Waals surface area contributed by atoms with Gasteiger partial charge in [0.15, 0.2) is 40.8 Å². The third kappa shape index (κ3) is 5.33. The average molecular weight is 437 g/mol. The lowest BCUT2D eigenvalue weighted by atomic mass is 10.1. The van der Waals surface area contributed by atoms with Crippen LogP contribution in [0.1, 0.15) is 30.1 Å². The minimum Gasteiger partial charge on any atom is -0.486 e. The number of ether oxygens (including phenoxy) is 3. The molecule has 2 aromatic carbocycles. The molecule has 0 aliphatic carbocycles. The number of ketones is 1. The van der Waals surface area contributed by atoms with Crippen LogP contribution in [-0.2, 0) is 14.3 Å². The zero-order valence-corrected chi connectivity index (χ0v) is 16.4. The summed E-state index contributed by atoms with van der Waals surface area (Å²) in [7, 11) is 0. The topological polar surface area (TPSA) is 90.9 Å². The minimum atomic E-state index is -1.74. The number of fused-ring (bicyclic) bond motifs is 1. The van der Waals surface area contributed by atoms with Gasteiger partial charge in [-0.15, -0.1) is 0 Å². The van der Waals surface area contributed by atoms with Crippen molar-refractivity contribution in [3.05, 3.63) is 53.3 Å². The van der Waals surface area contributed by atoms with Crippen molar-refractivity contribution in [1.82, 2.24) is 0 Å².